The monoisotopic (exact) mass is 389 g/mol. The molecule has 0 aromatic heterocycles. The first kappa shape index (κ1) is 18.3. The molecular formula is C24H20ClNO2. The van der Waals surface area contributed by atoms with Gasteiger partial charge >= 0.3 is 0 Å². The number of benzene rings is 3. The van der Waals surface area contributed by atoms with Crippen LogP contribution in [0.15, 0.2) is 60.7 Å². The van der Waals surface area contributed by atoms with Crippen molar-refractivity contribution in [1.82, 2.24) is 0 Å². The van der Waals surface area contributed by atoms with E-state index in [1.807, 2.05) is 48.5 Å². The van der Waals surface area contributed by atoms with Gasteiger partial charge < -0.3 is 9.64 Å². The Balaban J connectivity index is 1.91. The summed E-state index contributed by atoms with van der Waals surface area (Å²) in [6.07, 6.45) is 4.05. The Bertz CT molecular complexity index is 1070. The van der Waals surface area contributed by atoms with Gasteiger partial charge in [0.25, 0.3) is 0 Å². The summed E-state index contributed by atoms with van der Waals surface area (Å²) in [5, 5.41) is 0.643. The molecule has 0 fully saturated rings. The average molecular weight is 390 g/mol. The highest BCUT2D eigenvalue weighted by Gasteiger charge is 2.20. The van der Waals surface area contributed by atoms with Crippen LogP contribution in [0.5, 0.6) is 5.75 Å². The molecule has 0 atom stereocenters. The third-order valence-corrected chi connectivity index (χ3v) is 5.21. The van der Waals surface area contributed by atoms with Gasteiger partial charge in [-0.3, -0.25) is 4.79 Å². The van der Waals surface area contributed by atoms with Gasteiger partial charge in [0.15, 0.2) is 0 Å². The first-order valence-electron chi connectivity index (χ1n) is 9.09. The number of rotatable bonds is 2. The van der Waals surface area contributed by atoms with Crippen LogP contribution in [0.3, 0.4) is 0 Å². The van der Waals surface area contributed by atoms with E-state index in [1.54, 1.807) is 18.9 Å². The smallest absolute Gasteiger partial charge is 0.224 e. The second kappa shape index (κ2) is 7.53. The van der Waals surface area contributed by atoms with Gasteiger partial charge in [-0.1, -0.05) is 54.1 Å². The minimum atomic E-state index is -0.0121. The van der Waals surface area contributed by atoms with Crippen LogP contribution in [-0.4, -0.2) is 13.0 Å². The molecule has 3 aromatic carbocycles. The van der Waals surface area contributed by atoms with Crippen LogP contribution in [0.4, 0.5) is 5.69 Å². The van der Waals surface area contributed by atoms with Gasteiger partial charge in [-0.05, 0) is 52.6 Å². The average Bonchev–Trinajstić information content (AvgIpc) is 2.70. The van der Waals surface area contributed by atoms with Crippen molar-refractivity contribution in [3.8, 4) is 16.9 Å². The van der Waals surface area contributed by atoms with Crippen LogP contribution >= 0.6 is 11.6 Å². The lowest BCUT2D eigenvalue weighted by Gasteiger charge is -2.27. The molecule has 3 aromatic rings. The summed E-state index contributed by atoms with van der Waals surface area (Å²) in [4.78, 5) is 14.2. The molecule has 0 N–H and O–H groups in total. The SMILES string of the molecule is COc1cc2c(cc1-c1ccccc1)CN(C(C)=O)c1ccc(Cl)cc1C=C2. The number of carbonyl (C=O) groups is 1. The van der Waals surface area contributed by atoms with Crippen LogP contribution in [0, 0.1) is 0 Å². The van der Waals surface area contributed by atoms with Crippen molar-refractivity contribution in [2.75, 3.05) is 12.0 Å². The Morgan fingerprint density at radius 2 is 1.75 bits per heavy atom. The summed E-state index contributed by atoms with van der Waals surface area (Å²) in [5.41, 5.74) is 5.95. The lowest BCUT2D eigenvalue weighted by atomic mass is 9.95. The number of ether oxygens (including phenoxy) is 1. The number of hydrogen-bond donors (Lipinski definition) is 0. The standard InChI is InChI=1S/C24H20ClNO2/c1-16(27)26-15-20-13-22(17-6-4-3-5-7-17)24(28-2)14-18(20)8-9-19-12-21(25)10-11-23(19)26/h3-14H,15H2,1-2H3. The van der Waals surface area contributed by atoms with Crippen LogP contribution in [0.25, 0.3) is 23.3 Å². The third-order valence-electron chi connectivity index (χ3n) is 4.98. The predicted molar refractivity (Wildman–Crippen MR) is 116 cm³/mol. The molecule has 0 saturated carbocycles. The van der Waals surface area contributed by atoms with Crippen molar-refractivity contribution >= 4 is 35.3 Å². The second-order valence-corrected chi connectivity index (χ2v) is 7.20. The molecule has 0 bridgehead atoms. The van der Waals surface area contributed by atoms with Crippen LogP contribution in [-0.2, 0) is 11.3 Å². The number of amides is 1. The van der Waals surface area contributed by atoms with E-state index in [0.717, 1.165) is 39.3 Å². The van der Waals surface area contributed by atoms with E-state index in [9.17, 15) is 4.79 Å². The zero-order valence-electron chi connectivity index (χ0n) is 15.8. The van der Waals surface area contributed by atoms with E-state index < -0.39 is 0 Å². The van der Waals surface area contributed by atoms with Crippen LogP contribution < -0.4 is 9.64 Å². The van der Waals surface area contributed by atoms with Crippen LogP contribution in [0.2, 0.25) is 5.02 Å². The first-order valence-corrected chi connectivity index (χ1v) is 9.46. The fourth-order valence-electron chi connectivity index (χ4n) is 3.57. The zero-order chi connectivity index (χ0) is 19.7. The van der Waals surface area contributed by atoms with E-state index in [1.165, 1.54) is 0 Å². The first-order chi connectivity index (χ1) is 13.6. The van der Waals surface area contributed by atoms with Crippen molar-refractivity contribution < 1.29 is 9.53 Å². The molecule has 0 aliphatic carbocycles. The van der Waals surface area contributed by atoms with Gasteiger partial charge in [0.2, 0.25) is 5.91 Å². The Labute approximate surface area is 169 Å². The highest BCUT2D eigenvalue weighted by Crippen LogP contribution is 2.37. The maximum atomic E-state index is 12.4. The largest absolute Gasteiger partial charge is 0.496 e. The van der Waals surface area contributed by atoms with Gasteiger partial charge in [-0.25, -0.2) is 0 Å². The van der Waals surface area contributed by atoms with E-state index in [-0.39, 0.29) is 5.91 Å². The van der Waals surface area contributed by atoms with Crippen LogP contribution in [0.1, 0.15) is 23.6 Å². The molecule has 28 heavy (non-hydrogen) atoms. The topological polar surface area (TPSA) is 29.5 Å². The van der Waals surface area contributed by atoms with Crippen molar-refractivity contribution in [1.29, 1.82) is 0 Å². The number of hydrogen-bond acceptors (Lipinski definition) is 2. The Hall–Kier alpha value is -3.04. The molecule has 4 heteroatoms. The third kappa shape index (κ3) is 3.41. The molecule has 1 amide bonds. The number of fused-ring (bicyclic) bond motifs is 2. The Morgan fingerprint density at radius 3 is 2.46 bits per heavy atom. The van der Waals surface area contributed by atoms with Crippen molar-refractivity contribution in [3.05, 3.63) is 82.4 Å². The highest BCUT2D eigenvalue weighted by atomic mass is 35.5. The summed E-state index contributed by atoms with van der Waals surface area (Å²) in [7, 11) is 1.68. The number of carbonyl (C=O) groups excluding carboxylic acids is 1. The molecule has 3 nitrogen and oxygen atoms in total. The minimum absolute atomic E-state index is 0.0121. The van der Waals surface area contributed by atoms with E-state index in [2.05, 4.69) is 24.3 Å². The molecule has 1 aliphatic rings. The molecule has 140 valence electrons. The summed E-state index contributed by atoms with van der Waals surface area (Å²) < 4.78 is 5.67. The molecule has 0 unspecified atom stereocenters. The Morgan fingerprint density at radius 1 is 1.00 bits per heavy atom. The highest BCUT2D eigenvalue weighted by molar-refractivity contribution is 6.30. The van der Waals surface area contributed by atoms with Crippen molar-refractivity contribution in [2.24, 2.45) is 0 Å². The molecule has 0 saturated heterocycles. The molecule has 1 heterocycles. The number of nitrogens with zero attached hydrogens (tertiary/aromatic N) is 1. The fraction of sp³-hybridized carbons (Fsp3) is 0.125. The minimum Gasteiger partial charge on any atom is -0.496 e. The van der Waals surface area contributed by atoms with Gasteiger partial charge in [0.1, 0.15) is 5.75 Å². The fourth-order valence-corrected chi connectivity index (χ4v) is 3.75. The van der Waals surface area contributed by atoms with Crippen molar-refractivity contribution in [3.63, 3.8) is 0 Å². The number of halogens is 1. The lowest BCUT2D eigenvalue weighted by molar-refractivity contribution is -0.116. The van der Waals surface area contributed by atoms with Gasteiger partial charge in [0.05, 0.1) is 19.3 Å². The molecule has 0 radical (unpaired) electrons. The maximum absolute atomic E-state index is 12.4. The lowest BCUT2D eigenvalue weighted by Crippen LogP contribution is -2.29. The molecular weight excluding hydrogens is 370 g/mol. The van der Waals surface area contributed by atoms with Crippen molar-refractivity contribution in [2.45, 2.75) is 13.5 Å². The van der Waals surface area contributed by atoms with Gasteiger partial charge in [0, 0.05) is 17.5 Å². The predicted octanol–water partition coefficient (Wildman–Crippen LogP) is 6.05. The quantitative estimate of drug-likeness (QED) is 0.533. The maximum Gasteiger partial charge on any atom is 0.224 e. The summed E-state index contributed by atoms with van der Waals surface area (Å²) in [6, 6.07) is 19.9. The molecule has 0 spiro atoms. The Kier molecular flexibility index (Phi) is 4.93. The summed E-state index contributed by atoms with van der Waals surface area (Å²) in [6.45, 7) is 2.07. The van der Waals surface area contributed by atoms with E-state index >= 15 is 0 Å². The van der Waals surface area contributed by atoms with E-state index in [4.69, 9.17) is 16.3 Å². The number of anilines is 1. The van der Waals surface area contributed by atoms with E-state index in [0.29, 0.717) is 11.6 Å². The summed E-state index contributed by atoms with van der Waals surface area (Å²) >= 11 is 6.18. The molecule has 4 rings (SSSR count). The molecule has 1 aliphatic heterocycles. The zero-order valence-corrected chi connectivity index (χ0v) is 16.5. The van der Waals surface area contributed by atoms with Gasteiger partial charge in [-0.2, -0.15) is 0 Å². The second-order valence-electron chi connectivity index (χ2n) is 6.76. The normalized spacial score (nSPS) is 12.6. The van der Waals surface area contributed by atoms with Gasteiger partial charge in [-0.15, -0.1) is 0 Å². The number of methoxy groups -OCH3 is 1. The summed E-state index contributed by atoms with van der Waals surface area (Å²) in [5.74, 6) is 0.790.